The molecule has 2 aromatic carbocycles. The summed E-state index contributed by atoms with van der Waals surface area (Å²) in [6.45, 7) is 0. The molecule has 1 atom stereocenters. The number of hydrogen-bond donors (Lipinski definition) is 1. The first-order chi connectivity index (χ1) is 11.6. The third-order valence-corrected chi connectivity index (χ3v) is 4.68. The largest absolute Gasteiger partial charge is 0.352 e. The molecule has 3 aromatic rings. The first-order valence-corrected chi connectivity index (χ1v) is 7.75. The SMILES string of the molecule is N#CCCC1Cc2cc(F)ccc2-c2[nH]c3c(F)cc(F)cc3c21. The zero-order valence-electron chi connectivity index (χ0n) is 12.7. The summed E-state index contributed by atoms with van der Waals surface area (Å²) >= 11 is 0. The van der Waals surface area contributed by atoms with Gasteiger partial charge in [0.15, 0.2) is 0 Å². The number of nitrogens with zero attached hydrogens (tertiary/aromatic N) is 1. The molecule has 0 bridgehead atoms. The van der Waals surface area contributed by atoms with E-state index in [4.69, 9.17) is 5.26 Å². The Morgan fingerprint density at radius 2 is 1.96 bits per heavy atom. The molecule has 120 valence electrons. The Morgan fingerprint density at radius 1 is 1.12 bits per heavy atom. The average molecular weight is 326 g/mol. The number of fused-ring (bicyclic) bond motifs is 5. The van der Waals surface area contributed by atoms with Gasteiger partial charge in [-0.2, -0.15) is 5.26 Å². The highest BCUT2D eigenvalue weighted by Crippen LogP contribution is 2.45. The van der Waals surface area contributed by atoms with Crippen molar-refractivity contribution < 1.29 is 13.2 Å². The lowest BCUT2D eigenvalue weighted by Crippen LogP contribution is -2.11. The molecular weight excluding hydrogens is 313 g/mol. The smallest absolute Gasteiger partial charge is 0.150 e. The van der Waals surface area contributed by atoms with Crippen LogP contribution in [0.25, 0.3) is 22.2 Å². The number of rotatable bonds is 2. The second-order valence-corrected chi connectivity index (χ2v) is 6.12. The van der Waals surface area contributed by atoms with E-state index < -0.39 is 11.6 Å². The molecule has 1 aliphatic carbocycles. The van der Waals surface area contributed by atoms with Gasteiger partial charge in [-0.15, -0.1) is 0 Å². The maximum absolute atomic E-state index is 14.2. The van der Waals surface area contributed by atoms with Crippen molar-refractivity contribution in [2.45, 2.75) is 25.2 Å². The number of aromatic nitrogens is 1. The third kappa shape index (κ3) is 2.18. The standard InChI is InChI=1S/C19H13F3N2/c20-12-3-4-14-11(7-12)6-10(2-1-5-23)17-15-8-13(21)9-16(22)18(15)24-19(14)17/h3-4,7-10,24H,1-2,6H2. The van der Waals surface area contributed by atoms with Crippen LogP contribution < -0.4 is 0 Å². The molecule has 1 unspecified atom stereocenters. The monoisotopic (exact) mass is 326 g/mol. The summed E-state index contributed by atoms with van der Waals surface area (Å²) in [6.07, 6.45) is 1.44. The van der Waals surface area contributed by atoms with Gasteiger partial charge in [0.1, 0.15) is 17.5 Å². The average Bonchev–Trinajstić information content (AvgIpc) is 2.92. The Balaban J connectivity index is 2.01. The van der Waals surface area contributed by atoms with E-state index in [2.05, 4.69) is 11.1 Å². The van der Waals surface area contributed by atoms with Gasteiger partial charge in [-0.3, -0.25) is 0 Å². The van der Waals surface area contributed by atoms with E-state index in [-0.39, 0.29) is 17.3 Å². The lowest BCUT2D eigenvalue weighted by molar-refractivity contribution is 0.590. The topological polar surface area (TPSA) is 39.6 Å². The summed E-state index contributed by atoms with van der Waals surface area (Å²) in [7, 11) is 0. The van der Waals surface area contributed by atoms with Gasteiger partial charge >= 0.3 is 0 Å². The molecule has 0 radical (unpaired) electrons. The predicted molar refractivity (Wildman–Crippen MR) is 84.9 cm³/mol. The first-order valence-electron chi connectivity index (χ1n) is 7.75. The highest BCUT2D eigenvalue weighted by atomic mass is 19.1. The second-order valence-electron chi connectivity index (χ2n) is 6.12. The fourth-order valence-electron chi connectivity index (χ4n) is 3.70. The van der Waals surface area contributed by atoms with Crippen molar-refractivity contribution in [3.05, 3.63) is 58.9 Å². The van der Waals surface area contributed by atoms with Crippen molar-refractivity contribution in [3.63, 3.8) is 0 Å². The van der Waals surface area contributed by atoms with Crippen LogP contribution in [0.3, 0.4) is 0 Å². The van der Waals surface area contributed by atoms with Crippen molar-refractivity contribution >= 4 is 10.9 Å². The van der Waals surface area contributed by atoms with Gasteiger partial charge in [-0.05, 0) is 54.2 Å². The van der Waals surface area contributed by atoms with E-state index in [0.29, 0.717) is 30.3 Å². The Kier molecular flexibility index (Phi) is 3.34. The fourth-order valence-corrected chi connectivity index (χ4v) is 3.70. The lowest BCUT2D eigenvalue weighted by atomic mass is 9.79. The third-order valence-electron chi connectivity index (χ3n) is 4.68. The number of nitrogens with one attached hydrogen (secondary N) is 1. The van der Waals surface area contributed by atoms with Crippen LogP contribution >= 0.6 is 0 Å². The van der Waals surface area contributed by atoms with Gasteiger partial charge < -0.3 is 4.98 Å². The summed E-state index contributed by atoms with van der Waals surface area (Å²) in [5.41, 5.74) is 3.38. The minimum atomic E-state index is -0.651. The first kappa shape index (κ1) is 14.8. The molecule has 24 heavy (non-hydrogen) atoms. The van der Waals surface area contributed by atoms with Crippen molar-refractivity contribution in [1.82, 2.24) is 4.98 Å². The summed E-state index contributed by atoms with van der Waals surface area (Å²) in [5, 5.41) is 9.40. The Hall–Kier alpha value is -2.74. The van der Waals surface area contributed by atoms with Crippen LogP contribution in [0.5, 0.6) is 0 Å². The molecule has 5 heteroatoms. The molecule has 0 saturated heterocycles. The summed E-state index contributed by atoms with van der Waals surface area (Å²) in [5.74, 6) is -1.69. The molecule has 1 N–H and O–H groups in total. The zero-order valence-corrected chi connectivity index (χ0v) is 12.7. The van der Waals surface area contributed by atoms with Gasteiger partial charge in [0.05, 0.1) is 17.3 Å². The molecule has 1 aliphatic rings. The van der Waals surface area contributed by atoms with Gasteiger partial charge in [-0.25, -0.2) is 13.2 Å². The predicted octanol–water partition coefficient (Wildman–Crippen LogP) is 5.20. The Morgan fingerprint density at radius 3 is 2.75 bits per heavy atom. The highest BCUT2D eigenvalue weighted by Gasteiger charge is 2.29. The van der Waals surface area contributed by atoms with Gasteiger partial charge in [0.2, 0.25) is 0 Å². The molecule has 0 spiro atoms. The van der Waals surface area contributed by atoms with Crippen LogP contribution in [0.1, 0.15) is 29.9 Å². The van der Waals surface area contributed by atoms with Crippen molar-refractivity contribution in [3.8, 4) is 17.3 Å². The van der Waals surface area contributed by atoms with E-state index >= 15 is 0 Å². The highest BCUT2D eigenvalue weighted by molar-refractivity contribution is 5.93. The maximum atomic E-state index is 14.2. The molecule has 1 heterocycles. The summed E-state index contributed by atoms with van der Waals surface area (Å²) < 4.78 is 41.5. The Bertz CT molecular complexity index is 998. The van der Waals surface area contributed by atoms with Crippen LogP contribution in [-0.2, 0) is 6.42 Å². The van der Waals surface area contributed by atoms with E-state index in [1.165, 1.54) is 18.2 Å². The minimum Gasteiger partial charge on any atom is -0.352 e. The molecule has 4 rings (SSSR count). The summed E-state index contributed by atoms with van der Waals surface area (Å²) in [4.78, 5) is 3.05. The van der Waals surface area contributed by atoms with Gasteiger partial charge in [0.25, 0.3) is 0 Å². The molecule has 0 saturated carbocycles. The van der Waals surface area contributed by atoms with E-state index in [9.17, 15) is 13.2 Å². The number of aromatic amines is 1. The van der Waals surface area contributed by atoms with E-state index in [0.717, 1.165) is 22.8 Å². The molecule has 0 aliphatic heterocycles. The normalized spacial score (nSPS) is 15.8. The Labute approximate surface area is 136 Å². The number of nitriles is 1. The molecule has 0 fully saturated rings. The molecule has 1 aromatic heterocycles. The van der Waals surface area contributed by atoms with E-state index in [1.807, 2.05) is 0 Å². The van der Waals surface area contributed by atoms with Crippen LogP contribution in [0, 0.1) is 28.8 Å². The number of benzene rings is 2. The molecule has 0 amide bonds. The van der Waals surface area contributed by atoms with Crippen molar-refractivity contribution in [2.24, 2.45) is 0 Å². The number of hydrogen-bond acceptors (Lipinski definition) is 1. The zero-order chi connectivity index (χ0) is 16.8. The number of halogens is 3. The van der Waals surface area contributed by atoms with Crippen molar-refractivity contribution in [1.29, 1.82) is 5.26 Å². The molecular formula is C19H13F3N2. The van der Waals surface area contributed by atoms with Gasteiger partial charge in [0, 0.05) is 23.4 Å². The van der Waals surface area contributed by atoms with Crippen LogP contribution in [0.2, 0.25) is 0 Å². The molecule has 2 nitrogen and oxygen atoms in total. The fraction of sp³-hybridized carbons (Fsp3) is 0.211. The summed E-state index contributed by atoms with van der Waals surface area (Å²) in [6, 6.07) is 8.77. The maximum Gasteiger partial charge on any atom is 0.150 e. The van der Waals surface area contributed by atoms with Crippen LogP contribution in [-0.4, -0.2) is 4.98 Å². The second kappa shape index (κ2) is 5.41. The van der Waals surface area contributed by atoms with E-state index in [1.54, 1.807) is 6.07 Å². The number of H-pyrrole nitrogens is 1. The van der Waals surface area contributed by atoms with Crippen LogP contribution in [0.15, 0.2) is 30.3 Å². The lowest BCUT2D eigenvalue weighted by Gasteiger charge is -2.25. The van der Waals surface area contributed by atoms with Crippen LogP contribution in [0.4, 0.5) is 13.2 Å². The minimum absolute atomic E-state index is 0.0797. The quantitative estimate of drug-likeness (QED) is 0.691. The van der Waals surface area contributed by atoms with Crippen molar-refractivity contribution in [2.75, 3.05) is 0 Å². The van der Waals surface area contributed by atoms with Gasteiger partial charge in [-0.1, -0.05) is 0 Å².